The summed E-state index contributed by atoms with van der Waals surface area (Å²) in [5.41, 5.74) is 0.265. The lowest BCUT2D eigenvalue weighted by Crippen LogP contribution is -1.84. The largest absolute Gasteiger partial charge is 0.449 e. The van der Waals surface area contributed by atoms with E-state index in [0.29, 0.717) is 9.86 Å². The van der Waals surface area contributed by atoms with Crippen molar-refractivity contribution >= 4 is 32.9 Å². The molecule has 13 heavy (non-hydrogen) atoms. The SMILES string of the molecule is O=[N+]([O-])c1oc2ncccc2c1Br. The zero-order chi connectivity index (χ0) is 9.42. The molecule has 2 aromatic rings. The van der Waals surface area contributed by atoms with Gasteiger partial charge in [-0.15, -0.1) is 0 Å². The van der Waals surface area contributed by atoms with E-state index < -0.39 is 4.92 Å². The van der Waals surface area contributed by atoms with Gasteiger partial charge < -0.3 is 4.42 Å². The van der Waals surface area contributed by atoms with Crippen molar-refractivity contribution in [3.8, 4) is 0 Å². The summed E-state index contributed by atoms with van der Waals surface area (Å²) >= 11 is 3.08. The fraction of sp³-hybridized carbons (Fsp3) is 0. The van der Waals surface area contributed by atoms with Crippen molar-refractivity contribution in [2.75, 3.05) is 0 Å². The van der Waals surface area contributed by atoms with Gasteiger partial charge in [0.15, 0.2) is 0 Å². The molecule has 6 heteroatoms. The first kappa shape index (κ1) is 8.18. The van der Waals surface area contributed by atoms with Crippen LogP contribution in [0.4, 0.5) is 5.88 Å². The minimum absolute atomic E-state index is 0.265. The lowest BCUT2D eigenvalue weighted by molar-refractivity contribution is -0.402. The number of hydrogen-bond acceptors (Lipinski definition) is 4. The Morgan fingerprint density at radius 2 is 2.38 bits per heavy atom. The van der Waals surface area contributed by atoms with E-state index in [4.69, 9.17) is 4.42 Å². The summed E-state index contributed by atoms with van der Waals surface area (Å²) in [6, 6.07) is 3.38. The number of halogens is 1. The summed E-state index contributed by atoms with van der Waals surface area (Å²) in [5, 5.41) is 11.1. The zero-order valence-electron chi connectivity index (χ0n) is 6.23. The Labute approximate surface area is 80.6 Å². The summed E-state index contributed by atoms with van der Waals surface area (Å²) in [6.45, 7) is 0. The number of aromatic nitrogens is 1. The minimum Gasteiger partial charge on any atom is -0.381 e. The van der Waals surface area contributed by atoms with Crippen molar-refractivity contribution in [3.63, 3.8) is 0 Å². The van der Waals surface area contributed by atoms with E-state index in [1.54, 1.807) is 12.1 Å². The van der Waals surface area contributed by atoms with Crippen molar-refractivity contribution in [1.82, 2.24) is 4.98 Å². The van der Waals surface area contributed by atoms with Gasteiger partial charge in [0.25, 0.3) is 0 Å². The molecule has 66 valence electrons. The van der Waals surface area contributed by atoms with Crippen molar-refractivity contribution < 1.29 is 9.34 Å². The van der Waals surface area contributed by atoms with Crippen LogP contribution in [0.1, 0.15) is 0 Å². The number of nitro groups is 1. The molecule has 0 aliphatic rings. The quantitative estimate of drug-likeness (QED) is 0.569. The number of rotatable bonds is 1. The van der Waals surface area contributed by atoms with E-state index in [1.807, 2.05) is 0 Å². The van der Waals surface area contributed by atoms with E-state index in [2.05, 4.69) is 20.9 Å². The molecule has 0 aromatic carbocycles. The first-order chi connectivity index (χ1) is 6.20. The van der Waals surface area contributed by atoms with Gasteiger partial charge in [0.1, 0.15) is 9.40 Å². The number of nitrogens with zero attached hydrogens (tertiary/aromatic N) is 2. The number of pyridine rings is 1. The molecule has 0 radical (unpaired) electrons. The lowest BCUT2D eigenvalue weighted by atomic mass is 10.3. The molecular formula is C7H3BrN2O3. The molecule has 0 atom stereocenters. The number of fused-ring (bicyclic) bond motifs is 1. The maximum absolute atomic E-state index is 10.4. The highest BCUT2D eigenvalue weighted by atomic mass is 79.9. The van der Waals surface area contributed by atoms with Crippen LogP contribution in [0.15, 0.2) is 27.2 Å². The second-order valence-electron chi connectivity index (χ2n) is 2.33. The Bertz CT molecular complexity index is 480. The van der Waals surface area contributed by atoms with Crippen molar-refractivity contribution in [2.24, 2.45) is 0 Å². The molecule has 0 amide bonds. The van der Waals surface area contributed by atoms with Gasteiger partial charge in [0.05, 0.1) is 5.39 Å². The van der Waals surface area contributed by atoms with Crippen LogP contribution in [0, 0.1) is 10.1 Å². The molecule has 0 saturated heterocycles. The standard InChI is InChI=1S/C7H3BrN2O3/c8-5-4-2-1-3-9-6(4)13-7(5)10(11)12/h1-3H. The van der Waals surface area contributed by atoms with E-state index in [-0.39, 0.29) is 11.6 Å². The van der Waals surface area contributed by atoms with E-state index in [0.717, 1.165) is 0 Å². The minimum atomic E-state index is -0.592. The number of hydrogen-bond donors (Lipinski definition) is 0. The lowest BCUT2D eigenvalue weighted by Gasteiger charge is -1.82. The van der Waals surface area contributed by atoms with Crippen molar-refractivity contribution in [2.45, 2.75) is 0 Å². The molecule has 2 heterocycles. The van der Waals surface area contributed by atoms with Crippen LogP contribution in [0.2, 0.25) is 0 Å². The van der Waals surface area contributed by atoms with Crippen LogP contribution in [-0.4, -0.2) is 9.91 Å². The molecule has 0 aliphatic heterocycles. The van der Waals surface area contributed by atoms with Gasteiger partial charge in [-0.05, 0) is 28.1 Å². The molecule has 0 bridgehead atoms. The molecule has 0 aliphatic carbocycles. The Morgan fingerprint density at radius 1 is 1.62 bits per heavy atom. The van der Waals surface area contributed by atoms with Gasteiger partial charge >= 0.3 is 5.88 Å². The molecule has 2 rings (SSSR count). The Kier molecular flexibility index (Phi) is 1.77. The van der Waals surface area contributed by atoms with E-state index >= 15 is 0 Å². The molecule has 2 aromatic heterocycles. The second kappa shape index (κ2) is 2.81. The molecule has 0 N–H and O–H groups in total. The van der Waals surface area contributed by atoms with Gasteiger partial charge in [-0.3, -0.25) is 10.1 Å². The first-order valence-corrected chi connectivity index (χ1v) is 4.17. The smallest absolute Gasteiger partial charge is 0.381 e. The average Bonchev–Trinajstić information content (AvgIpc) is 2.45. The van der Waals surface area contributed by atoms with Gasteiger partial charge in [-0.1, -0.05) is 0 Å². The highest BCUT2D eigenvalue weighted by Crippen LogP contribution is 2.34. The van der Waals surface area contributed by atoms with Crippen LogP contribution in [0.25, 0.3) is 11.1 Å². The van der Waals surface area contributed by atoms with Crippen LogP contribution in [-0.2, 0) is 0 Å². The van der Waals surface area contributed by atoms with Crippen LogP contribution in [0.5, 0.6) is 0 Å². The third kappa shape index (κ3) is 1.19. The summed E-state index contributed by atoms with van der Waals surface area (Å²) in [5.74, 6) is -0.311. The predicted molar refractivity (Wildman–Crippen MR) is 48.4 cm³/mol. The van der Waals surface area contributed by atoms with E-state index in [1.165, 1.54) is 6.20 Å². The molecule has 0 saturated carbocycles. The van der Waals surface area contributed by atoms with Crippen molar-refractivity contribution in [3.05, 3.63) is 32.9 Å². The van der Waals surface area contributed by atoms with Crippen LogP contribution < -0.4 is 0 Å². The van der Waals surface area contributed by atoms with Crippen LogP contribution in [0.3, 0.4) is 0 Å². The third-order valence-electron chi connectivity index (χ3n) is 1.55. The highest BCUT2D eigenvalue weighted by Gasteiger charge is 2.21. The zero-order valence-corrected chi connectivity index (χ0v) is 7.82. The maximum Gasteiger partial charge on any atom is 0.449 e. The summed E-state index contributed by atoms with van der Waals surface area (Å²) in [4.78, 5) is 13.7. The van der Waals surface area contributed by atoms with Gasteiger partial charge in [-0.25, -0.2) is 4.98 Å². The Morgan fingerprint density at radius 3 is 3.00 bits per heavy atom. The normalized spacial score (nSPS) is 10.5. The first-order valence-electron chi connectivity index (χ1n) is 3.37. The predicted octanol–water partition coefficient (Wildman–Crippen LogP) is 2.50. The number of furan rings is 1. The second-order valence-corrected chi connectivity index (χ2v) is 3.13. The fourth-order valence-electron chi connectivity index (χ4n) is 1.01. The average molecular weight is 243 g/mol. The molecular weight excluding hydrogens is 240 g/mol. The monoisotopic (exact) mass is 242 g/mol. The Hall–Kier alpha value is -1.43. The maximum atomic E-state index is 10.4. The van der Waals surface area contributed by atoms with Gasteiger partial charge in [-0.2, -0.15) is 0 Å². The molecule has 0 spiro atoms. The topological polar surface area (TPSA) is 69.2 Å². The van der Waals surface area contributed by atoms with E-state index in [9.17, 15) is 10.1 Å². The Balaban J connectivity index is 2.81. The molecule has 0 fully saturated rings. The highest BCUT2D eigenvalue weighted by molar-refractivity contribution is 9.10. The van der Waals surface area contributed by atoms with Crippen LogP contribution >= 0.6 is 15.9 Å². The molecule has 0 unspecified atom stereocenters. The molecule has 5 nitrogen and oxygen atoms in total. The van der Waals surface area contributed by atoms with Crippen molar-refractivity contribution in [1.29, 1.82) is 0 Å². The fourth-order valence-corrected chi connectivity index (χ4v) is 1.54. The summed E-state index contributed by atoms with van der Waals surface area (Å²) in [6.07, 6.45) is 1.52. The third-order valence-corrected chi connectivity index (χ3v) is 2.32. The van der Waals surface area contributed by atoms with Gasteiger partial charge in [0, 0.05) is 6.20 Å². The summed E-state index contributed by atoms with van der Waals surface area (Å²) < 4.78 is 5.24. The summed E-state index contributed by atoms with van der Waals surface area (Å²) in [7, 11) is 0. The van der Waals surface area contributed by atoms with Gasteiger partial charge in [0.2, 0.25) is 5.71 Å².